The maximum absolute atomic E-state index is 11.5. The first-order chi connectivity index (χ1) is 9.10. The molecule has 1 heterocycles. The monoisotopic (exact) mass is 296 g/mol. The summed E-state index contributed by atoms with van der Waals surface area (Å²) in [6, 6.07) is 5.18. The number of methoxy groups -OCH3 is 1. The van der Waals surface area contributed by atoms with E-state index in [2.05, 4.69) is 15.0 Å². The Morgan fingerprint density at radius 1 is 1.53 bits per heavy atom. The van der Waals surface area contributed by atoms with Gasteiger partial charge in [-0.15, -0.1) is 11.3 Å². The highest BCUT2D eigenvalue weighted by Crippen LogP contribution is 2.22. The third-order valence-electron chi connectivity index (χ3n) is 2.51. The summed E-state index contributed by atoms with van der Waals surface area (Å²) in [5.74, 6) is -0.442. The molecule has 0 atom stereocenters. The number of hydrogen-bond acceptors (Lipinski definition) is 5. The van der Waals surface area contributed by atoms with Gasteiger partial charge in [0, 0.05) is 16.8 Å². The molecule has 0 aliphatic heterocycles. The molecule has 0 aliphatic rings. The van der Waals surface area contributed by atoms with Crippen LogP contribution in [0.4, 0.5) is 5.69 Å². The van der Waals surface area contributed by atoms with Gasteiger partial charge in [0.2, 0.25) is 0 Å². The number of thiazole rings is 1. The lowest BCUT2D eigenvalue weighted by molar-refractivity contribution is 0.0601. The fourth-order valence-electron chi connectivity index (χ4n) is 1.58. The normalized spacial score (nSPS) is 10.3. The number of carbonyl (C=O) groups excluding carboxylic acids is 1. The summed E-state index contributed by atoms with van der Waals surface area (Å²) < 4.78 is 4.68. The molecule has 0 saturated heterocycles. The minimum Gasteiger partial charge on any atom is -0.465 e. The van der Waals surface area contributed by atoms with Gasteiger partial charge in [-0.1, -0.05) is 11.6 Å². The number of anilines is 1. The summed E-state index contributed by atoms with van der Waals surface area (Å²) in [7, 11) is 1.33. The number of ether oxygens (including phenoxy) is 1. The Balaban J connectivity index is 2.10. The molecule has 2 aromatic rings. The van der Waals surface area contributed by atoms with Crippen LogP contribution >= 0.6 is 22.9 Å². The maximum Gasteiger partial charge on any atom is 0.339 e. The van der Waals surface area contributed by atoms with Crippen LogP contribution in [-0.4, -0.2) is 18.1 Å². The van der Waals surface area contributed by atoms with E-state index in [-0.39, 0.29) is 0 Å². The van der Waals surface area contributed by atoms with Gasteiger partial charge in [0.1, 0.15) is 0 Å². The highest BCUT2D eigenvalue weighted by Gasteiger charge is 2.11. The molecule has 0 bridgehead atoms. The van der Waals surface area contributed by atoms with E-state index in [4.69, 9.17) is 11.6 Å². The quantitative estimate of drug-likeness (QED) is 0.877. The first-order valence-corrected chi connectivity index (χ1v) is 6.82. The first kappa shape index (κ1) is 13.8. The third kappa shape index (κ3) is 3.45. The van der Waals surface area contributed by atoms with E-state index in [1.54, 1.807) is 23.5 Å². The second-order valence-corrected chi connectivity index (χ2v) is 5.61. The van der Waals surface area contributed by atoms with Crippen molar-refractivity contribution < 1.29 is 9.53 Å². The molecule has 0 spiro atoms. The number of aromatic nitrogens is 1. The number of esters is 1. The molecule has 100 valence electrons. The van der Waals surface area contributed by atoms with Crippen LogP contribution in [0.25, 0.3) is 0 Å². The number of rotatable bonds is 4. The predicted molar refractivity (Wildman–Crippen MR) is 77.0 cm³/mol. The summed E-state index contributed by atoms with van der Waals surface area (Å²) >= 11 is 7.59. The van der Waals surface area contributed by atoms with E-state index >= 15 is 0 Å². The number of halogens is 1. The van der Waals surface area contributed by atoms with Crippen molar-refractivity contribution in [2.24, 2.45) is 0 Å². The number of nitrogens with zero attached hydrogens (tertiary/aromatic N) is 1. The summed E-state index contributed by atoms with van der Waals surface area (Å²) in [5.41, 5.74) is 1.17. The average molecular weight is 297 g/mol. The first-order valence-electron chi connectivity index (χ1n) is 5.63. The van der Waals surface area contributed by atoms with E-state index in [9.17, 15) is 4.79 Å². The topological polar surface area (TPSA) is 51.2 Å². The average Bonchev–Trinajstić information content (AvgIpc) is 2.83. The number of hydrogen-bond donors (Lipinski definition) is 1. The van der Waals surface area contributed by atoms with E-state index in [0.29, 0.717) is 17.1 Å². The lowest BCUT2D eigenvalue weighted by atomic mass is 10.2. The van der Waals surface area contributed by atoms with Gasteiger partial charge >= 0.3 is 5.97 Å². The van der Waals surface area contributed by atoms with Crippen molar-refractivity contribution in [3.05, 3.63) is 44.9 Å². The van der Waals surface area contributed by atoms with E-state index in [1.807, 2.05) is 19.2 Å². The van der Waals surface area contributed by atoms with Crippen molar-refractivity contribution in [1.82, 2.24) is 4.98 Å². The molecule has 4 nitrogen and oxygen atoms in total. The highest BCUT2D eigenvalue weighted by molar-refractivity contribution is 7.11. The van der Waals surface area contributed by atoms with Crippen LogP contribution in [0.5, 0.6) is 0 Å². The van der Waals surface area contributed by atoms with Crippen LogP contribution in [0.15, 0.2) is 24.4 Å². The standard InChI is InChI=1S/C13H13ClN2O2S/c1-8-15-6-10(19-8)7-16-9-3-4-12(14)11(5-9)13(17)18-2/h3-6,16H,7H2,1-2H3. The highest BCUT2D eigenvalue weighted by atomic mass is 35.5. The van der Waals surface area contributed by atoms with Crippen LogP contribution in [0.3, 0.4) is 0 Å². The van der Waals surface area contributed by atoms with Gasteiger partial charge in [0.25, 0.3) is 0 Å². The molecule has 1 aromatic carbocycles. The largest absolute Gasteiger partial charge is 0.465 e. The van der Waals surface area contributed by atoms with Crippen molar-refractivity contribution >= 4 is 34.6 Å². The van der Waals surface area contributed by atoms with Crippen molar-refractivity contribution in [3.63, 3.8) is 0 Å². The molecule has 0 fully saturated rings. The van der Waals surface area contributed by atoms with Gasteiger partial charge < -0.3 is 10.1 Å². The fraction of sp³-hybridized carbons (Fsp3) is 0.231. The van der Waals surface area contributed by atoms with Gasteiger partial charge in [0.05, 0.1) is 29.2 Å². The lowest BCUT2D eigenvalue weighted by Gasteiger charge is -2.08. The van der Waals surface area contributed by atoms with Gasteiger partial charge in [-0.05, 0) is 25.1 Å². The minimum absolute atomic E-state index is 0.356. The van der Waals surface area contributed by atoms with Crippen molar-refractivity contribution in [3.8, 4) is 0 Å². The Morgan fingerprint density at radius 3 is 2.95 bits per heavy atom. The van der Waals surface area contributed by atoms with Crippen molar-refractivity contribution in [2.75, 3.05) is 12.4 Å². The maximum atomic E-state index is 11.5. The number of aryl methyl sites for hydroxylation is 1. The van der Waals surface area contributed by atoms with E-state index < -0.39 is 5.97 Å². The molecule has 0 amide bonds. The van der Waals surface area contributed by atoms with Crippen molar-refractivity contribution in [1.29, 1.82) is 0 Å². The van der Waals surface area contributed by atoms with Crippen LogP contribution in [0.1, 0.15) is 20.2 Å². The summed E-state index contributed by atoms with van der Waals surface area (Å²) in [4.78, 5) is 16.8. The molecule has 1 N–H and O–H groups in total. The molecule has 19 heavy (non-hydrogen) atoms. The summed E-state index contributed by atoms with van der Waals surface area (Å²) in [6.07, 6.45) is 1.84. The number of nitrogens with one attached hydrogen (secondary N) is 1. The van der Waals surface area contributed by atoms with E-state index in [0.717, 1.165) is 15.6 Å². The van der Waals surface area contributed by atoms with Crippen LogP contribution in [-0.2, 0) is 11.3 Å². The third-order valence-corrected chi connectivity index (χ3v) is 3.75. The molecule has 0 aliphatic carbocycles. The molecular weight excluding hydrogens is 284 g/mol. The van der Waals surface area contributed by atoms with Crippen LogP contribution < -0.4 is 5.32 Å². The SMILES string of the molecule is COC(=O)c1cc(NCc2cnc(C)s2)ccc1Cl. The Kier molecular flexibility index (Phi) is 4.39. The lowest BCUT2D eigenvalue weighted by Crippen LogP contribution is -2.04. The summed E-state index contributed by atoms with van der Waals surface area (Å²) in [6.45, 7) is 2.62. The van der Waals surface area contributed by atoms with Crippen LogP contribution in [0.2, 0.25) is 5.02 Å². The Hall–Kier alpha value is -1.59. The van der Waals surface area contributed by atoms with Gasteiger partial charge in [0.15, 0.2) is 0 Å². The van der Waals surface area contributed by atoms with E-state index in [1.165, 1.54) is 7.11 Å². The summed E-state index contributed by atoms with van der Waals surface area (Å²) in [5, 5.41) is 4.64. The van der Waals surface area contributed by atoms with Gasteiger partial charge in [-0.25, -0.2) is 9.78 Å². The molecular formula is C13H13ClN2O2S. The molecule has 6 heteroatoms. The second kappa shape index (κ2) is 6.04. The van der Waals surface area contributed by atoms with Gasteiger partial charge in [-0.3, -0.25) is 0 Å². The smallest absolute Gasteiger partial charge is 0.339 e. The fourth-order valence-corrected chi connectivity index (χ4v) is 2.51. The predicted octanol–water partition coefficient (Wildman–Crippen LogP) is 3.50. The van der Waals surface area contributed by atoms with Crippen LogP contribution in [0, 0.1) is 6.92 Å². The number of carbonyl (C=O) groups is 1. The number of benzene rings is 1. The molecule has 0 unspecified atom stereocenters. The Morgan fingerprint density at radius 2 is 2.32 bits per heavy atom. The van der Waals surface area contributed by atoms with Crippen molar-refractivity contribution in [2.45, 2.75) is 13.5 Å². The zero-order valence-corrected chi connectivity index (χ0v) is 12.1. The minimum atomic E-state index is -0.442. The molecule has 0 radical (unpaired) electrons. The van der Waals surface area contributed by atoms with Gasteiger partial charge in [-0.2, -0.15) is 0 Å². The molecule has 1 aromatic heterocycles. The molecule has 2 rings (SSSR count). The Labute approximate surface area is 120 Å². The zero-order valence-electron chi connectivity index (χ0n) is 10.6. The molecule has 0 saturated carbocycles. The second-order valence-electron chi connectivity index (χ2n) is 3.89. The zero-order chi connectivity index (χ0) is 13.8. The Bertz CT molecular complexity index is 598.